The van der Waals surface area contributed by atoms with Gasteiger partial charge in [0, 0.05) is 0 Å². The van der Waals surface area contributed by atoms with E-state index in [1.165, 1.54) is 0 Å². The summed E-state index contributed by atoms with van der Waals surface area (Å²) in [4.78, 5) is 30.5. The van der Waals surface area contributed by atoms with Gasteiger partial charge in [-0.3, -0.25) is 9.59 Å². The van der Waals surface area contributed by atoms with Gasteiger partial charge in [0.15, 0.2) is 5.60 Å². The number of aliphatic hydroxyl groups is 1. The number of carbonyl (C=O) groups is 3. The zero-order valence-electron chi connectivity index (χ0n) is 9.84. The Morgan fingerprint density at radius 2 is 1.27 bits per heavy atom. The summed E-state index contributed by atoms with van der Waals surface area (Å²) in [5.74, 6) is -5.02. The van der Waals surface area contributed by atoms with E-state index in [2.05, 4.69) is 0 Å². The normalized spacial score (nSPS) is 9.40. The molecule has 0 fully saturated rings. The first-order chi connectivity index (χ1) is 5.78. The fraction of sp³-hybridized carbons (Fsp3) is 0.500. The van der Waals surface area contributed by atoms with Crippen LogP contribution < -0.4 is 0 Å². The van der Waals surface area contributed by atoms with Crippen LogP contribution in [0.1, 0.15) is 15.7 Å². The molecule has 84 valence electrons. The summed E-state index contributed by atoms with van der Waals surface area (Å²) in [6.45, 7) is 0. The van der Waals surface area contributed by atoms with Crippen LogP contribution >= 0.6 is 0 Å². The molecule has 9 heteroatoms. The molecule has 15 heavy (non-hydrogen) atoms. The Labute approximate surface area is 138 Å². The van der Waals surface area contributed by atoms with E-state index >= 15 is 0 Å². The van der Waals surface area contributed by atoms with Crippen molar-refractivity contribution in [3.8, 4) is 0 Å². The van der Waals surface area contributed by atoms with Gasteiger partial charge in [0.25, 0.3) is 0 Å². The fourth-order valence-electron chi connectivity index (χ4n) is 0.714. The van der Waals surface area contributed by atoms with Crippen LogP contribution in [0.5, 0.6) is 0 Å². The first-order valence-corrected chi connectivity index (χ1v) is 3.17. The average Bonchev–Trinajstić information content (AvgIpc) is 1.82. The second-order valence-electron chi connectivity index (χ2n) is 2.48. The summed E-state index contributed by atoms with van der Waals surface area (Å²) in [5, 5.41) is 33.8. The molecule has 0 aliphatic rings. The summed E-state index contributed by atoms with van der Waals surface area (Å²) in [6, 6.07) is 0. The third kappa shape index (κ3) is 8.37. The molecule has 2 radical (unpaired) electrons. The van der Waals surface area contributed by atoms with Gasteiger partial charge in [-0.2, -0.15) is 0 Å². The first-order valence-electron chi connectivity index (χ1n) is 3.17. The van der Waals surface area contributed by atoms with Crippen molar-refractivity contribution in [3.63, 3.8) is 0 Å². The van der Waals surface area contributed by atoms with Crippen molar-refractivity contribution in [3.05, 3.63) is 0 Å². The minimum atomic E-state index is -2.74. The van der Waals surface area contributed by atoms with Crippen molar-refractivity contribution >= 4 is 82.9 Å². The van der Waals surface area contributed by atoms with Gasteiger partial charge in [-0.05, 0) is 0 Å². The second-order valence-corrected chi connectivity index (χ2v) is 2.48. The molecule has 4 N–H and O–H groups in total. The van der Waals surface area contributed by atoms with E-state index in [4.69, 9.17) is 20.4 Å². The van der Waals surface area contributed by atoms with Crippen molar-refractivity contribution in [1.82, 2.24) is 0 Å². The van der Waals surface area contributed by atoms with Crippen molar-refractivity contribution < 1.29 is 37.7 Å². The van der Waals surface area contributed by atoms with Gasteiger partial charge in [0.05, 0.1) is 12.8 Å². The van der Waals surface area contributed by atoms with Gasteiger partial charge in [-0.1, -0.05) is 0 Å². The molecule has 0 amide bonds. The van der Waals surface area contributed by atoms with Crippen LogP contribution in [0.4, 0.5) is 0 Å². The molecule has 0 atom stereocenters. The van der Waals surface area contributed by atoms with Crippen molar-refractivity contribution in [2.24, 2.45) is 0 Å². The Morgan fingerprint density at radius 1 is 1.00 bits per heavy atom. The van der Waals surface area contributed by atoms with Gasteiger partial charge in [0.2, 0.25) is 0 Å². The van der Waals surface area contributed by atoms with E-state index in [9.17, 15) is 14.4 Å². The molecule has 0 saturated heterocycles. The Kier molecular flexibility index (Phi) is 12.1. The van der Waals surface area contributed by atoms with E-state index in [0.717, 1.165) is 0 Å². The van der Waals surface area contributed by atoms with E-state index in [-0.39, 0.29) is 67.9 Å². The molecule has 0 spiro atoms. The van der Waals surface area contributed by atoms with Crippen molar-refractivity contribution in [2.75, 3.05) is 0 Å². The molecule has 0 bridgehead atoms. The van der Waals surface area contributed by atoms with Crippen LogP contribution in [0.2, 0.25) is 0 Å². The van der Waals surface area contributed by atoms with E-state index in [1.54, 1.807) is 0 Å². The van der Waals surface area contributed by atoms with Crippen LogP contribution in [-0.4, -0.2) is 109 Å². The molecule has 0 aliphatic heterocycles. The van der Waals surface area contributed by atoms with Gasteiger partial charge in [-0.15, -0.1) is 0 Å². The second kappa shape index (κ2) is 8.67. The molecule has 0 unspecified atom stereocenters. The molecular weight excluding hydrogens is 431 g/mol. The zero-order chi connectivity index (χ0) is 10.6. The maximum absolute atomic E-state index is 10.3. The molecule has 0 saturated carbocycles. The van der Waals surface area contributed by atoms with E-state index in [1.807, 2.05) is 0 Å². The summed E-state index contributed by atoms with van der Waals surface area (Å²) in [6.07, 6.45) is -2.29. The number of aliphatic carboxylic acids is 3. The van der Waals surface area contributed by atoms with Gasteiger partial charge in [-0.25, -0.2) is 4.79 Å². The Balaban J connectivity index is -0.000000120. The quantitative estimate of drug-likeness (QED) is 0.351. The molecular formula is C6H12CaO7Pb. The summed E-state index contributed by atoms with van der Waals surface area (Å²) in [7, 11) is 0. The van der Waals surface area contributed by atoms with Crippen LogP contribution in [0.25, 0.3) is 0 Å². The number of hydrogen-bond acceptors (Lipinski definition) is 4. The van der Waals surface area contributed by atoms with E-state index in [0.29, 0.717) is 0 Å². The van der Waals surface area contributed by atoms with Gasteiger partial charge in [0.1, 0.15) is 0 Å². The predicted molar refractivity (Wildman–Crippen MR) is 53.6 cm³/mol. The topological polar surface area (TPSA) is 132 Å². The minimum absolute atomic E-state index is 0. The van der Waals surface area contributed by atoms with Crippen molar-refractivity contribution in [1.29, 1.82) is 0 Å². The third-order valence-corrected chi connectivity index (χ3v) is 1.29. The van der Waals surface area contributed by atoms with Crippen LogP contribution in [0.15, 0.2) is 0 Å². The molecule has 0 aromatic carbocycles. The molecule has 7 nitrogen and oxygen atoms in total. The fourth-order valence-corrected chi connectivity index (χ4v) is 0.714. The standard InChI is InChI=1S/C6H8O7.Ca.Pb.4H/c7-3(8)1-6(13,5(11)12)2-4(9)10;;;;;;/h13H,1-2H2,(H,7,8)(H,9,10)(H,11,12);;;;;;/q;+2;;;;2*-1. The third-order valence-electron chi connectivity index (χ3n) is 1.29. The van der Waals surface area contributed by atoms with Gasteiger partial charge < -0.3 is 23.3 Å². The summed E-state index contributed by atoms with van der Waals surface area (Å²) >= 11 is 0. The molecule has 0 aromatic rings. The Hall–Kier alpha value is 0.552. The van der Waals surface area contributed by atoms with E-state index < -0.39 is 36.4 Å². The maximum atomic E-state index is 10.3. The first kappa shape index (κ1) is 20.9. The monoisotopic (exact) mass is 444 g/mol. The summed E-state index contributed by atoms with van der Waals surface area (Å²) < 4.78 is 0. The number of rotatable bonds is 5. The Bertz CT molecular complexity index is 247. The average molecular weight is 443 g/mol. The van der Waals surface area contributed by atoms with Crippen LogP contribution in [-0.2, 0) is 14.4 Å². The number of hydrogen-bond donors (Lipinski definition) is 4. The number of carboxylic acid groups (broad SMARTS) is 3. The number of carboxylic acids is 3. The summed E-state index contributed by atoms with van der Waals surface area (Å²) in [5.41, 5.74) is -2.74. The van der Waals surface area contributed by atoms with Gasteiger partial charge >= 0.3 is 82.9 Å². The molecule has 0 aromatic heterocycles. The molecule has 0 rings (SSSR count). The molecule has 0 aliphatic carbocycles. The van der Waals surface area contributed by atoms with Crippen molar-refractivity contribution in [2.45, 2.75) is 18.4 Å². The zero-order valence-corrected chi connectivity index (χ0v) is 15.5. The molecule has 0 heterocycles. The predicted octanol–water partition coefficient (Wildman–Crippen LogP) is -2.32. The van der Waals surface area contributed by atoms with Crippen LogP contribution in [0.3, 0.4) is 0 Å². The van der Waals surface area contributed by atoms with Crippen LogP contribution in [0, 0.1) is 0 Å². The SMILES string of the molecule is O=C(O)CC(O)(CC(=O)O)C(=O)O.[Ca+2].[H-].[H-].[PbH2]. The Morgan fingerprint density at radius 3 is 1.40 bits per heavy atom.